The number of anilines is 1. The molecule has 1 amide bonds. The third-order valence-electron chi connectivity index (χ3n) is 3.06. The van der Waals surface area contributed by atoms with Gasteiger partial charge in [0.1, 0.15) is 10.7 Å². The van der Waals surface area contributed by atoms with Crippen molar-refractivity contribution in [3.63, 3.8) is 0 Å². The topological polar surface area (TPSA) is 68.5 Å². The van der Waals surface area contributed by atoms with Gasteiger partial charge in [-0.2, -0.15) is 0 Å². The molecule has 6 heteroatoms. The lowest BCUT2D eigenvalue weighted by molar-refractivity contribution is 0.0990. The number of pyridine rings is 1. The fraction of sp³-hybridized carbons (Fsp3) is 0.133. The first-order valence-electron chi connectivity index (χ1n) is 6.20. The van der Waals surface area contributed by atoms with Gasteiger partial charge in [0.2, 0.25) is 0 Å². The highest BCUT2D eigenvalue weighted by atomic mass is 32.1. The Morgan fingerprint density at radius 2 is 2.14 bits per heavy atom. The Morgan fingerprint density at radius 3 is 2.81 bits per heavy atom. The Kier molecular flexibility index (Phi) is 4.49. The number of hydrogen-bond acceptors (Lipinski definition) is 4. The number of hydrogen-bond donors (Lipinski definition) is 1. The van der Waals surface area contributed by atoms with E-state index in [1.807, 2.05) is 6.07 Å². The van der Waals surface area contributed by atoms with E-state index in [9.17, 15) is 4.79 Å². The molecular weight excluding hydrogens is 286 g/mol. The normalized spacial score (nSPS) is 10.0. The quantitative estimate of drug-likeness (QED) is 0.875. The summed E-state index contributed by atoms with van der Waals surface area (Å²) < 4.78 is 5.16. The lowest BCUT2D eigenvalue weighted by Gasteiger charge is -2.19. The molecule has 1 heterocycles. The highest BCUT2D eigenvalue weighted by Gasteiger charge is 2.18. The van der Waals surface area contributed by atoms with Crippen molar-refractivity contribution in [2.45, 2.75) is 0 Å². The Labute approximate surface area is 128 Å². The summed E-state index contributed by atoms with van der Waals surface area (Å²) in [6.07, 6.45) is 3.06. The summed E-state index contributed by atoms with van der Waals surface area (Å²) in [4.78, 5) is 18.3. The molecule has 0 unspecified atom stereocenters. The van der Waals surface area contributed by atoms with Crippen LogP contribution in [-0.2, 0) is 0 Å². The first kappa shape index (κ1) is 14.9. The summed E-state index contributed by atoms with van der Waals surface area (Å²) in [5.41, 5.74) is 7.47. The Hall–Kier alpha value is -2.47. The molecule has 0 fully saturated rings. The molecule has 108 valence electrons. The summed E-state index contributed by atoms with van der Waals surface area (Å²) in [6.45, 7) is 0. The summed E-state index contributed by atoms with van der Waals surface area (Å²) in [5.74, 6) is 0.231. The van der Waals surface area contributed by atoms with Crippen LogP contribution in [0.15, 0.2) is 42.7 Å². The van der Waals surface area contributed by atoms with Gasteiger partial charge in [0.15, 0.2) is 0 Å². The maximum Gasteiger partial charge on any atom is 0.261 e. The molecule has 0 saturated carbocycles. The number of nitrogens with two attached hydrogens (primary N) is 1. The maximum absolute atomic E-state index is 12.6. The Morgan fingerprint density at radius 1 is 1.38 bits per heavy atom. The number of thiocarbonyl (C=S) groups is 1. The van der Waals surface area contributed by atoms with E-state index in [-0.39, 0.29) is 5.91 Å². The van der Waals surface area contributed by atoms with Gasteiger partial charge in [-0.1, -0.05) is 24.4 Å². The first-order chi connectivity index (χ1) is 10.0. The molecule has 21 heavy (non-hydrogen) atoms. The molecule has 0 radical (unpaired) electrons. The minimum Gasteiger partial charge on any atom is -0.494 e. The maximum atomic E-state index is 12.6. The van der Waals surface area contributed by atoms with Crippen molar-refractivity contribution in [3.05, 3.63) is 53.9 Å². The third kappa shape index (κ3) is 3.17. The van der Waals surface area contributed by atoms with Gasteiger partial charge in [0.05, 0.1) is 18.9 Å². The van der Waals surface area contributed by atoms with Gasteiger partial charge in [-0.15, -0.1) is 0 Å². The highest BCUT2D eigenvalue weighted by molar-refractivity contribution is 7.80. The number of benzene rings is 1. The minimum absolute atomic E-state index is 0.200. The van der Waals surface area contributed by atoms with E-state index in [2.05, 4.69) is 4.98 Å². The SMILES string of the molecule is COc1cnccc1C(=O)N(C)c1cccc(C(N)=S)c1. The fourth-order valence-corrected chi connectivity index (χ4v) is 2.01. The van der Waals surface area contributed by atoms with Gasteiger partial charge in [0.25, 0.3) is 5.91 Å². The van der Waals surface area contributed by atoms with Crippen LogP contribution in [0.25, 0.3) is 0 Å². The molecule has 1 aromatic carbocycles. The van der Waals surface area contributed by atoms with Crippen LogP contribution in [0.5, 0.6) is 5.75 Å². The van der Waals surface area contributed by atoms with Crippen LogP contribution in [0.1, 0.15) is 15.9 Å². The second-order valence-electron chi connectivity index (χ2n) is 4.35. The zero-order chi connectivity index (χ0) is 15.4. The Bertz CT molecular complexity index is 688. The number of aromatic nitrogens is 1. The summed E-state index contributed by atoms with van der Waals surface area (Å²) in [7, 11) is 3.18. The molecule has 1 aromatic heterocycles. The predicted molar refractivity (Wildman–Crippen MR) is 85.9 cm³/mol. The third-order valence-corrected chi connectivity index (χ3v) is 3.29. The number of carbonyl (C=O) groups excluding carboxylic acids is 1. The van der Waals surface area contributed by atoms with Gasteiger partial charge < -0.3 is 15.4 Å². The lowest BCUT2D eigenvalue weighted by Crippen LogP contribution is -2.27. The van der Waals surface area contributed by atoms with Crippen LogP contribution in [0.3, 0.4) is 0 Å². The van der Waals surface area contributed by atoms with E-state index in [1.54, 1.807) is 37.5 Å². The molecule has 0 aliphatic rings. The van der Waals surface area contributed by atoms with Crippen molar-refractivity contribution in [3.8, 4) is 5.75 Å². The van der Waals surface area contributed by atoms with Gasteiger partial charge in [-0.25, -0.2) is 0 Å². The van der Waals surface area contributed by atoms with Crippen molar-refractivity contribution in [2.24, 2.45) is 5.73 Å². The van der Waals surface area contributed by atoms with E-state index in [1.165, 1.54) is 18.2 Å². The monoisotopic (exact) mass is 301 g/mol. The van der Waals surface area contributed by atoms with Crippen molar-refractivity contribution >= 4 is 28.8 Å². The average molecular weight is 301 g/mol. The van der Waals surface area contributed by atoms with E-state index in [0.717, 1.165) is 0 Å². The number of carbonyl (C=O) groups is 1. The fourth-order valence-electron chi connectivity index (χ4n) is 1.89. The summed E-state index contributed by atoms with van der Waals surface area (Å²) in [6, 6.07) is 8.81. The number of amides is 1. The van der Waals surface area contributed by atoms with Gasteiger partial charge in [-0.3, -0.25) is 9.78 Å². The summed E-state index contributed by atoms with van der Waals surface area (Å²) in [5, 5.41) is 0. The van der Waals surface area contributed by atoms with E-state index >= 15 is 0 Å². The van der Waals surface area contributed by atoms with Crippen LogP contribution in [0.2, 0.25) is 0 Å². The molecule has 0 aliphatic heterocycles. The smallest absolute Gasteiger partial charge is 0.261 e. The van der Waals surface area contributed by atoms with Crippen molar-refractivity contribution < 1.29 is 9.53 Å². The summed E-state index contributed by atoms with van der Waals surface area (Å²) >= 11 is 4.95. The second kappa shape index (κ2) is 6.32. The van der Waals surface area contributed by atoms with Crippen LogP contribution in [-0.4, -0.2) is 30.0 Å². The van der Waals surface area contributed by atoms with Gasteiger partial charge in [0, 0.05) is 24.5 Å². The van der Waals surface area contributed by atoms with Crippen LogP contribution < -0.4 is 15.4 Å². The average Bonchev–Trinajstić information content (AvgIpc) is 2.53. The molecule has 2 rings (SSSR count). The van der Waals surface area contributed by atoms with E-state index in [4.69, 9.17) is 22.7 Å². The molecule has 0 saturated heterocycles. The minimum atomic E-state index is -0.200. The van der Waals surface area contributed by atoms with Crippen LogP contribution in [0, 0.1) is 0 Å². The standard InChI is InChI=1S/C15H15N3O2S/c1-18(11-5-3-4-10(8-11)14(16)21)15(19)12-6-7-17-9-13(12)20-2/h3-9H,1-2H3,(H2,16,21). The number of methoxy groups -OCH3 is 1. The van der Waals surface area contributed by atoms with Crippen LogP contribution >= 0.6 is 12.2 Å². The molecule has 0 aliphatic carbocycles. The molecule has 2 N–H and O–H groups in total. The Balaban J connectivity index is 2.35. The van der Waals surface area contributed by atoms with Gasteiger partial charge >= 0.3 is 0 Å². The first-order valence-corrected chi connectivity index (χ1v) is 6.61. The van der Waals surface area contributed by atoms with E-state index in [0.29, 0.717) is 27.6 Å². The molecule has 2 aromatic rings. The van der Waals surface area contributed by atoms with Crippen molar-refractivity contribution in [1.29, 1.82) is 0 Å². The van der Waals surface area contributed by atoms with Crippen LogP contribution in [0.4, 0.5) is 5.69 Å². The highest BCUT2D eigenvalue weighted by Crippen LogP contribution is 2.22. The molecule has 0 bridgehead atoms. The molecule has 5 nitrogen and oxygen atoms in total. The van der Waals surface area contributed by atoms with Crippen molar-refractivity contribution in [1.82, 2.24) is 4.98 Å². The molecule has 0 spiro atoms. The number of ether oxygens (including phenoxy) is 1. The molecule has 0 atom stereocenters. The zero-order valence-corrected chi connectivity index (χ0v) is 12.6. The lowest BCUT2D eigenvalue weighted by atomic mass is 10.1. The number of rotatable bonds is 4. The largest absolute Gasteiger partial charge is 0.494 e. The van der Waals surface area contributed by atoms with Gasteiger partial charge in [-0.05, 0) is 18.2 Å². The zero-order valence-electron chi connectivity index (χ0n) is 11.7. The van der Waals surface area contributed by atoms with Crippen molar-refractivity contribution in [2.75, 3.05) is 19.1 Å². The van der Waals surface area contributed by atoms with E-state index < -0.39 is 0 Å². The second-order valence-corrected chi connectivity index (χ2v) is 4.79. The number of nitrogens with zero attached hydrogens (tertiary/aromatic N) is 2. The predicted octanol–water partition coefficient (Wildman–Crippen LogP) is 2.00. The molecular formula is C15H15N3O2S.